The summed E-state index contributed by atoms with van der Waals surface area (Å²) in [7, 11) is 0. The Morgan fingerprint density at radius 3 is 2.58 bits per heavy atom. The third-order valence-electron chi connectivity index (χ3n) is 2.00. The van der Waals surface area contributed by atoms with E-state index in [0.29, 0.717) is 0 Å². The molecule has 0 aliphatic rings. The zero-order valence-electron chi connectivity index (χ0n) is 7.09. The minimum Gasteiger partial charge on any atom is -0.396 e. The highest BCUT2D eigenvalue weighted by atomic mass is 16.3. The van der Waals surface area contributed by atoms with Crippen molar-refractivity contribution in [1.82, 2.24) is 9.78 Å². The van der Waals surface area contributed by atoms with Crippen molar-refractivity contribution < 1.29 is 10.2 Å². The Morgan fingerprint density at radius 2 is 2.17 bits per heavy atom. The first-order valence-electron chi connectivity index (χ1n) is 4.00. The highest BCUT2D eigenvalue weighted by Gasteiger charge is 2.17. The number of hydrogen-bond donors (Lipinski definition) is 2. The molecule has 0 amide bonds. The molecule has 4 heteroatoms. The van der Waals surface area contributed by atoms with E-state index in [1.807, 2.05) is 6.92 Å². The van der Waals surface area contributed by atoms with Crippen LogP contribution in [0.15, 0.2) is 18.5 Å². The second-order valence-corrected chi connectivity index (χ2v) is 2.90. The van der Waals surface area contributed by atoms with Crippen LogP contribution in [0.1, 0.15) is 13.0 Å². The molecule has 1 heterocycles. The highest BCUT2D eigenvalue weighted by molar-refractivity contribution is 4.83. The van der Waals surface area contributed by atoms with Crippen LogP contribution in [0, 0.1) is 5.92 Å². The molecule has 0 aliphatic carbocycles. The van der Waals surface area contributed by atoms with Gasteiger partial charge in [0.2, 0.25) is 0 Å². The Hall–Kier alpha value is -0.870. The molecular weight excluding hydrogens is 156 g/mol. The topological polar surface area (TPSA) is 58.3 Å². The molecule has 2 unspecified atom stereocenters. The SMILES string of the molecule is CC(CO)C(CO)n1cccn1. The lowest BCUT2D eigenvalue weighted by Gasteiger charge is -2.20. The molecule has 12 heavy (non-hydrogen) atoms. The lowest BCUT2D eigenvalue weighted by molar-refractivity contribution is 0.127. The first-order chi connectivity index (χ1) is 5.79. The summed E-state index contributed by atoms with van der Waals surface area (Å²) in [6.07, 6.45) is 3.44. The van der Waals surface area contributed by atoms with Crippen LogP contribution in [-0.2, 0) is 0 Å². The molecule has 0 radical (unpaired) electrons. The smallest absolute Gasteiger partial charge is 0.0797 e. The molecule has 2 N–H and O–H groups in total. The molecule has 1 aromatic rings. The molecule has 0 aromatic carbocycles. The van der Waals surface area contributed by atoms with E-state index in [-0.39, 0.29) is 25.2 Å². The normalized spacial score (nSPS) is 15.9. The van der Waals surface area contributed by atoms with Gasteiger partial charge in [-0.25, -0.2) is 0 Å². The Kier molecular flexibility index (Phi) is 3.25. The van der Waals surface area contributed by atoms with E-state index >= 15 is 0 Å². The zero-order valence-corrected chi connectivity index (χ0v) is 7.09. The first-order valence-corrected chi connectivity index (χ1v) is 4.00. The average molecular weight is 170 g/mol. The van der Waals surface area contributed by atoms with Crippen molar-refractivity contribution in [3.8, 4) is 0 Å². The summed E-state index contributed by atoms with van der Waals surface area (Å²) in [5.74, 6) is 0.0231. The Labute approximate surface area is 71.5 Å². The van der Waals surface area contributed by atoms with Gasteiger partial charge in [-0.15, -0.1) is 0 Å². The summed E-state index contributed by atoms with van der Waals surface area (Å²) in [6, 6.07) is 1.68. The molecule has 1 rings (SSSR count). The summed E-state index contributed by atoms with van der Waals surface area (Å²) in [6.45, 7) is 1.94. The van der Waals surface area contributed by atoms with E-state index < -0.39 is 0 Å². The van der Waals surface area contributed by atoms with Crippen LogP contribution in [-0.4, -0.2) is 33.2 Å². The summed E-state index contributed by atoms with van der Waals surface area (Å²) in [4.78, 5) is 0. The quantitative estimate of drug-likeness (QED) is 0.671. The van der Waals surface area contributed by atoms with Gasteiger partial charge >= 0.3 is 0 Å². The monoisotopic (exact) mass is 170 g/mol. The second-order valence-electron chi connectivity index (χ2n) is 2.90. The van der Waals surface area contributed by atoms with Crippen LogP contribution in [0.5, 0.6) is 0 Å². The van der Waals surface area contributed by atoms with E-state index in [1.165, 1.54) is 0 Å². The molecule has 0 saturated carbocycles. The van der Waals surface area contributed by atoms with Gasteiger partial charge in [0, 0.05) is 24.9 Å². The van der Waals surface area contributed by atoms with E-state index in [1.54, 1.807) is 23.1 Å². The van der Waals surface area contributed by atoms with Crippen molar-refractivity contribution in [1.29, 1.82) is 0 Å². The maximum absolute atomic E-state index is 9.03. The van der Waals surface area contributed by atoms with Crippen molar-refractivity contribution >= 4 is 0 Å². The fourth-order valence-corrected chi connectivity index (χ4v) is 1.12. The Morgan fingerprint density at radius 1 is 1.42 bits per heavy atom. The molecule has 0 bridgehead atoms. The van der Waals surface area contributed by atoms with Crippen molar-refractivity contribution in [2.45, 2.75) is 13.0 Å². The maximum Gasteiger partial charge on any atom is 0.0797 e. The second kappa shape index (κ2) is 4.23. The van der Waals surface area contributed by atoms with E-state index in [9.17, 15) is 0 Å². The van der Waals surface area contributed by atoms with Crippen LogP contribution in [0.3, 0.4) is 0 Å². The van der Waals surface area contributed by atoms with Gasteiger partial charge in [-0.1, -0.05) is 6.92 Å². The fourth-order valence-electron chi connectivity index (χ4n) is 1.12. The first kappa shape index (κ1) is 9.22. The lowest BCUT2D eigenvalue weighted by atomic mass is 10.0. The summed E-state index contributed by atoms with van der Waals surface area (Å²) >= 11 is 0. The number of aromatic nitrogens is 2. The number of aliphatic hydroxyl groups is 2. The summed E-state index contributed by atoms with van der Waals surface area (Å²) in [5.41, 5.74) is 0. The van der Waals surface area contributed by atoms with Gasteiger partial charge in [0.05, 0.1) is 12.6 Å². The van der Waals surface area contributed by atoms with Gasteiger partial charge in [-0.3, -0.25) is 4.68 Å². The van der Waals surface area contributed by atoms with Crippen LogP contribution in [0.25, 0.3) is 0 Å². The van der Waals surface area contributed by atoms with Gasteiger partial charge in [0.1, 0.15) is 0 Å². The molecular formula is C8H14N2O2. The molecule has 0 spiro atoms. The number of aliphatic hydroxyl groups excluding tert-OH is 2. The van der Waals surface area contributed by atoms with Crippen molar-refractivity contribution in [3.63, 3.8) is 0 Å². The zero-order chi connectivity index (χ0) is 8.97. The maximum atomic E-state index is 9.03. The lowest BCUT2D eigenvalue weighted by Crippen LogP contribution is -2.23. The van der Waals surface area contributed by atoms with Gasteiger partial charge < -0.3 is 10.2 Å². The van der Waals surface area contributed by atoms with E-state index in [0.717, 1.165) is 0 Å². The van der Waals surface area contributed by atoms with Gasteiger partial charge in [0.25, 0.3) is 0 Å². The molecule has 0 aliphatic heterocycles. The van der Waals surface area contributed by atoms with Crippen LogP contribution in [0.2, 0.25) is 0 Å². The Bertz CT molecular complexity index is 211. The average Bonchev–Trinajstić information content (AvgIpc) is 2.58. The molecule has 68 valence electrons. The van der Waals surface area contributed by atoms with Crippen LogP contribution in [0.4, 0.5) is 0 Å². The van der Waals surface area contributed by atoms with Crippen molar-refractivity contribution in [2.75, 3.05) is 13.2 Å². The number of hydrogen-bond acceptors (Lipinski definition) is 3. The predicted octanol–water partition coefficient (Wildman–Crippen LogP) is 0.0449. The molecule has 1 aromatic heterocycles. The predicted molar refractivity (Wildman–Crippen MR) is 44.6 cm³/mol. The Balaban J connectivity index is 2.69. The summed E-state index contributed by atoms with van der Waals surface area (Å²) < 4.78 is 1.67. The fraction of sp³-hybridized carbons (Fsp3) is 0.625. The van der Waals surface area contributed by atoms with Gasteiger partial charge in [-0.2, -0.15) is 5.10 Å². The third-order valence-corrected chi connectivity index (χ3v) is 2.00. The van der Waals surface area contributed by atoms with Crippen molar-refractivity contribution in [3.05, 3.63) is 18.5 Å². The minimum atomic E-state index is -0.120. The summed E-state index contributed by atoms with van der Waals surface area (Å²) in [5, 5.41) is 21.9. The van der Waals surface area contributed by atoms with Crippen molar-refractivity contribution in [2.24, 2.45) is 5.92 Å². The molecule has 0 fully saturated rings. The van der Waals surface area contributed by atoms with Crippen LogP contribution >= 0.6 is 0 Å². The van der Waals surface area contributed by atoms with E-state index in [4.69, 9.17) is 10.2 Å². The van der Waals surface area contributed by atoms with E-state index in [2.05, 4.69) is 5.10 Å². The van der Waals surface area contributed by atoms with Gasteiger partial charge in [0.15, 0.2) is 0 Å². The third kappa shape index (κ3) is 1.84. The standard InChI is InChI=1S/C8H14N2O2/c1-7(5-11)8(6-12)10-4-2-3-9-10/h2-4,7-8,11-12H,5-6H2,1H3. The van der Waals surface area contributed by atoms with Crippen LogP contribution < -0.4 is 0 Å². The molecule has 2 atom stereocenters. The number of rotatable bonds is 4. The highest BCUT2D eigenvalue weighted by Crippen LogP contribution is 2.15. The largest absolute Gasteiger partial charge is 0.396 e. The minimum absolute atomic E-state index is 0.00338. The van der Waals surface area contributed by atoms with Gasteiger partial charge in [-0.05, 0) is 6.07 Å². The molecule has 0 saturated heterocycles. The number of nitrogens with zero attached hydrogens (tertiary/aromatic N) is 2. The molecule has 4 nitrogen and oxygen atoms in total.